The molecule has 0 amide bonds. The van der Waals surface area contributed by atoms with E-state index in [0.29, 0.717) is 4.73 Å². The third-order valence-corrected chi connectivity index (χ3v) is 2.56. The molecule has 0 saturated carbocycles. The molecule has 2 rings (SSSR count). The third kappa shape index (κ3) is 1.45. The van der Waals surface area contributed by atoms with Gasteiger partial charge in [-0.2, -0.15) is 0 Å². The fourth-order valence-electron chi connectivity index (χ4n) is 1.68. The first-order valence-electron chi connectivity index (χ1n) is 4.80. The Bertz CT molecular complexity index is 387. The second-order valence-electron chi connectivity index (χ2n) is 3.58. The van der Waals surface area contributed by atoms with Crippen molar-refractivity contribution in [2.24, 2.45) is 0 Å². The molecular weight excluding hydrogens is 196 g/mol. The van der Waals surface area contributed by atoms with Crippen LogP contribution in [0.15, 0.2) is 0 Å². The van der Waals surface area contributed by atoms with E-state index in [2.05, 4.69) is 4.98 Å². The van der Waals surface area contributed by atoms with Gasteiger partial charge in [0, 0.05) is 0 Å². The molecule has 0 unspecified atom stereocenters. The van der Waals surface area contributed by atoms with Crippen LogP contribution in [0.2, 0.25) is 0 Å². The molecule has 15 heavy (non-hydrogen) atoms. The van der Waals surface area contributed by atoms with Gasteiger partial charge in [-0.15, -0.1) is 0 Å². The minimum Gasteiger partial charge on any atom is -0.754 e. The number of hydrogen-bond acceptors (Lipinski definition) is 6. The minimum absolute atomic E-state index is 0.0490. The minimum atomic E-state index is -0.0793. The maximum atomic E-state index is 11.7. The van der Waals surface area contributed by atoms with Crippen LogP contribution in [0.5, 0.6) is 0 Å². The molecule has 1 saturated heterocycles. The monoisotopic (exact) mass is 210 g/mol. The van der Waals surface area contributed by atoms with E-state index in [1.165, 1.54) is 0 Å². The Morgan fingerprint density at radius 2 is 1.80 bits per heavy atom. The van der Waals surface area contributed by atoms with E-state index in [1.807, 2.05) is 4.90 Å². The van der Waals surface area contributed by atoms with Crippen LogP contribution in [0.3, 0.4) is 0 Å². The van der Waals surface area contributed by atoms with E-state index in [4.69, 9.17) is 17.2 Å². The highest BCUT2D eigenvalue weighted by Crippen LogP contribution is 2.22. The second-order valence-corrected chi connectivity index (χ2v) is 3.58. The van der Waals surface area contributed by atoms with Crippen LogP contribution in [0.1, 0.15) is 12.8 Å². The number of hydrogen-bond donors (Lipinski definition) is 3. The van der Waals surface area contributed by atoms with Crippen molar-refractivity contribution >= 4 is 23.3 Å². The summed E-state index contributed by atoms with van der Waals surface area (Å²) in [6.45, 7) is 1.61. The molecule has 0 radical (unpaired) electrons. The van der Waals surface area contributed by atoms with Crippen molar-refractivity contribution in [3.05, 3.63) is 5.21 Å². The van der Waals surface area contributed by atoms with E-state index < -0.39 is 0 Å². The normalized spacial score (nSPS) is 15.9. The molecule has 0 bridgehead atoms. The van der Waals surface area contributed by atoms with Crippen LogP contribution < -0.4 is 26.8 Å². The van der Waals surface area contributed by atoms with Gasteiger partial charge >= 0.3 is 5.95 Å². The smallest absolute Gasteiger partial charge is 0.351 e. The first-order chi connectivity index (χ1) is 7.11. The summed E-state index contributed by atoms with van der Waals surface area (Å²) in [4.78, 5) is 5.82. The van der Waals surface area contributed by atoms with Crippen LogP contribution >= 0.6 is 0 Å². The Morgan fingerprint density at radius 3 is 2.40 bits per heavy atom. The van der Waals surface area contributed by atoms with E-state index >= 15 is 0 Å². The van der Waals surface area contributed by atoms with Crippen LogP contribution in [-0.2, 0) is 0 Å². The Hall–Kier alpha value is -1.92. The van der Waals surface area contributed by atoms with Gasteiger partial charge in [0.15, 0.2) is 5.69 Å². The predicted octanol–water partition coefficient (Wildman–Crippen LogP) is -0.938. The van der Waals surface area contributed by atoms with Crippen molar-refractivity contribution in [1.29, 1.82) is 0 Å². The highest BCUT2D eigenvalue weighted by Gasteiger charge is 2.24. The van der Waals surface area contributed by atoms with Gasteiger partial charge in [0.25, 0.3) is 0 Å². The molecule has 0 atom stereocenters. The van der Waals surface area contributed by atoms with Crippen molar-refractivity contribution in [2.75, 3.05) is 35.2 Å². The number of anilines is 4. The summed E-state index contributed by atoms with van der Waals surface area (Å²) in [5.41, 5.74) is 16.6. The second kappa shape index (κ2) is 3.34. The summed E-state index contributed by atoms with van der Waals surface area (Å²) in [5.74, 6) is 0.280. The molecule has 2 heterocycles. The molecule has 82 valence electrons. The van der Waals surface area contributed by atoms with Crippen molar-refractivity contribution in [1.82, 2.24) is 4.98 Å². The molecular formula is C8H14N6O. The highest BCUT2D eigenvalue weighted by atomic mass is 16.5. The quantitative estimate of drug-likeness (QED) is 0.406. The van der Waals surface area contributed by atoms with Crippen molar-refractivity contribution in [3.63, 3.8) is 0 Å². The van der Waals surface area contributed by atoms with Gasteiger partial charge in [-0.1, -0.05) is 4.98 Å². The summed E-state index contributed by atoms with van der Waals surface area (Å²) >= 11 is 0. The molecule has 1 aromatic heterocycles. The van der Waals surface area contributed by atoms with Gasteiger partial charge in [0.05, 0.1) is 13.1 Å². The molecule has 1 aliphatic heterocycles. The van der Waals surface area contributed by atoms with Crippen molar-refractivity contribution in [2.45, 2.75) is 12.8 Å². The van der Waals surface area contributed by atoms with E-state index in [-0.39, 0.29) is 23.3 Å². The first kappa shape index (κ1) is 9.63. The fourth-order valence-corrected chi connectivity index (χ4v) is 1.68. The zero-order valence-corrected chi connectivity index (χ0v) is 8.31. The topological polar surface area (TPSA) is 121 Å². The SMILES string of the molecule is Nc1nc(N2CCCC2)[n+]([O-])c(N)c1N. The molecule has 0 spiro atoms. The largest absolute Gasteiger partial charge is 0.754 e. The number of nitrogens with two attached hydrogens (primary N) is 3. The lowest BCUT2D eigenvalue weighted by Crippen LogP contribution is -2.41. The number of aromatic nitrogens is 2. The lowest BCUT2D eigenvalue weighted by atomic mass is 10.4. The summed E-state index contributed by atoms with van der Waals surface area (Å²) in [5, 5.41) is 11.7. The number of nitrogen functional groups attached to an aromatic ring is 3. The van der Waals surface area contributed by atoms with E-state index in [1.54, 1.807) is 0 Å². The van der Waals surface area contributed by atoms with Gasteiger partial charge in [-0.25, -0.2) is 4.73 Å². The molecule has 7 nitrogen and oxygen atoms in total. The lowest BCUT2D eigenvalue weighted by molar-refractivity contribution is -0.578. The maximum Gasteiger partial charge on any atom is 0.351 e. The average molecular weight is 210 g/mol. The van der Waals surface area contributed by atoms with Gasteiger partial charge in [0.2, 0.25) is 11.6 Å². The zero-order valence-electron chi connectivity index (χ0n) is 8.31. The Labute approximate surface area is 87.1 Å². The van der Waals surface area contributed by atoms with Gasteiger partial charge in [-0.3, -0.25) is 4.90 Å². The Kier molecular flexibility index (Phi) is 2.14. The molecule has 6 N–H and O–H groups in total. The Morgan fingerprint density at radius 1 is 1.20 bits per heavy atom. The first-order valence-corrected chi connectivity index (χ1v) is 4.80. The van der Waals surface area contributed by atoms with E-state index in [0.717, 1.165) is 25.9 Å². The maximum absolute atomic E-state index is 11.7. The van der Waals surface area contributed by atoms with Crippen LogP contribution in [-0.4, -0.2) is 18.1 Å². The standard InChI is InChI=1S/C8H14N6O/c9-5-6(10)12-8(14(15)7(5)11)13-3-1-2-4-13/h1-4,9,11H2,(H2,10,12). The predicted molar refractivity (Wildman–Crippen MR) is 57.9 cm³/mol. The number of nitrogens with zero attached hydrogens (tertiary/aromatic N) is 3. The molecule has 0 aliphatic carbocycles. The lowest BCUT2D eigenvalue weighted by Gasteiger charge is -2.19. The van der Waals surface area contributed by atoms with Crippen LogP contribution in [0, 0.1) is 5.21 Å². The van der Waals surface area contributed by atoms with Gasteiger partial charge in [0.1, 0.15) is 0 Å². The van der Waals surface area contributed by atoms with E-state index in [9.17, 15) is 5.21 Å². The van der Waals surface area contributed by atoms with Gasteiger partial charge < -0.3 is 22.4 Å². The van der Waals surface area contributed by atoms with Crippen LogP contribution in [0.4, 0.5) is 23.3 Å². The third-order valence-electron chi connectivity index (χ3n) is 2.56. The summed E-state index contributed by atoms with van der Waals surface area (Å²) in [7, 11) is 0. The summed E-state index contributed by atoms with van der Waals surface area (Å²) in [6.07, 6.45) is 2.09. The molecule has 1 aromatic rings. The van der Waals surface area contributed by atoms with Crippen LogP contribution in [0.25, 0.3) is 0 Å². The Balaban J connectivity index is 2.47. The number of rotatable bonds is 1. The van der Waals surface area contributed by atoms with Crippen molar-refractivity contribution < 1.29 is 4.73 Å². The fraction of sp³-hybridized carbons (Fsp3) is 0.500. The summed E-state index contributed by atoms with van der Waals surface area (Å²) in [6, 6.07) is 0. The zero-order chi connectivity index (χ0) is 11.0. The van der Waals surface area contributed by atoms with Crippen molar-refractivity contribution in [3.8, 4) is 0 Å². The summed E-state index contributed by atoms with van der Waals surface area (Å²) < 4.78 is 0.539. The molecule has 1 fully saturated rings. The average Bonchev–Trinajstić information content (AvgIpc) is 2.73. The molecule has 7 heteroatoms. The van der Waals surface area contributed by atoms with Gasteiger partial charge in [-0.05, 0) is 12.8 Å². The molecule has 1 aliphatic rings. The highest BCUT2D eigenvalue weighted by molar-refractivity contribution is 5.69. The molecule has 0 aromatic carbocycles.